The summed E-state index contributed by atoms with van der Waals surface area (Å²) in [5, 5.41) is 10.6. The lowest BCUT2D eigenvalue weighted by molar-refractivity contribution is -0.141. The van der Waals surface area contributed by atoms with E-state index in [9.17, 15) is 13.2 Å². The number of amidine groups is 1. The predicted molar refractivity (Wildman–Crippen MR) is 59.9 cm³/mol. The zero-order chi connectivity index (χ0) is 14.2. The highest BCUT2D eigenvalue weighted by Gasteiger charge is 2.33. The van der Waals surface area contributed by atoms with Gasteiger partial charge >= 0.3 is 6.18 Å². The lowest BCUT2D eigenvalue weighted by Gasteiger charge is -2.05. The van der Waals surface area contributed by atoms with Gasteiger partial charge in [0, 0.05) is 11.9 Å². The van der Waals surface area contributed by atoms with Gasteiger partial charge in [0.25, 0.3) is 5.95 Å². The Bertz CT molecular complexity index is 630. The predicted octanol–water partition coefficient (Wildman–Crippen LogP) is 1.27. The first-order valence-electron chi connectivity index (χ1n) is 5.10. The molecule has 0 atom stereocenters. The Hall–Kier alpha value is -2.45. The third kappa shape index (κ3) is 2.69. The second kappa shape index (κ2) is 4.34. The number of hydrogen-bond acceptors (Lipinski definition) is 4. The Morgan fingerprint density at radius 1 is 1.37 bits per heavy atom. The Balaban J connectivity index is 2.47. The fourth-order valence-corrected chi connectivity index (χ4v) is 1.38. The van der Waals surface area contributed by atoms with Gasteiger partial charge in [0.05, 0.1) is 0 Å². The Kier molecular flexibility index (Phi) is 2.97. The van der Waals surface area contributed by atoms with E-state index in [1.807, 2.05) is 0 Å². The van der Waals surface area contributed by atoms with E-state index < -0.39 is 11.9 Å². The summed E-state index contributed by atoms with van der Waals surface area (Å²) in [5.41, 5.74) is 4.85. The molecule has 2 heterocycles. The summed E-state index contributed by atoms with van der Waals surface area (Å²) in [6.07, 6.45) is -3.43. The van der Waals surface area contributed by atoms with Crippen molar-refractivity contribution in [3.63, 3.8) is 0 Å². The van der Waals surface area contributed by atoms with Crippen molar-refractivity contribution in [2.75, 3.05) is 0 Å². The first-order chi connectivity index (χ1) is 8.77. The van der Waals surface area contributed by atoms with Gasteiger partial charge in [0.15, 0.2) is 5.69 Å². The van der Waals surface area contributed by atoms with Crippen molar-refractivity contribution >= 4 is 5.84 Å². The fourth-order valence-electron chi connectivity index (χ4n) is 1.38. The van der Waals surface area contributed by atoms with E-state index in [0.29, 0.717) is 5.69 Å². The topological polar surface area (TPSA) is 93.5 Å². The highest BCUT2D eigenvalue weighted by Crippen LogP contribution is 2.27. The number of nitrogen functional groups attached to an aromatic ring is 1. The van der Waals surface area contributed by atoms with Crippen LogP contribution >= 0.6 is 0 Å². The quantitative estimate of drug-likeness (QED) is 0.634. The molecule has 2 rings (SSSR count). The van der Waals surface area contributed by atoms with Crippen LogP contribution in [0.15, 0.2) is 18.3 Å². The molecule has 0 saturated carbocycles. The van der Waals surface area contributed by atoms with Crippen LogP contribution in [0.25, 0.3) is 5.95 Å². The number of nitrogens with one attached hydrogen (secondary N) is 1. The molecule has 0 radical (unpaired) electrons. The zero-order valence-electron chi connectivity index (χ0n) is 9.73. The van der Waals surface area contributed by atoms with E-state index >= 15 is 0 Å². The Labute approximate surface area is 105 Å². The third-order valence-corrected chi connectivity index (χ3v) is 2.20. The number of halogens is 3. The minimum atomic E-state index is -4.53. The van der Waals surface area contributed by atoms with Gasteiger partial charge < -0.3 is 5.73 Å². The van der Waals surface area contributed by atoms with Crippen molar-refractivity contribution in [3.8, 4) is 5.95 Å². The van der Waals surface area contributed by atoms with Crippen molar-refractivity contribution in [1.29, 1.82) is 5.41 Å². The SMILES string of the molecule is Cc1cc(C(=N)N)nc(-n2ccc(C(F)(F)F)n2)n1. The lowest BCUT2D eigenvalue weighted by Crippen LogP contribution is -2.16. The van der Waals surface area contributed by atoms with Crippen LogP contribution in [0, 0.1) is 12.3 Å². The van der Waals surface area contributed by atoms with Crippen LogP contribution in [0.3, 0.4) is 0 Å². The highest BCUT2D eigenvalue weighted by atomic mass is 19.4. The molecule has 19 heavy (non-hydrogen) atoms. The van der Waals surface area contributed by atoms with Crippen LogP contribution in [0.4, 0.5) is 13.2 Å². The molecule has 2 aromatic heterocycles. The largest absolute Gasteiger partial charge is 0.435 e. The Morgan fingerprint density at radius 2 is 2.05 bits per heavy atom. The molecule has 6 nitrogen and oxygen atoms in total. The van der Waals surface area contributed by atoms with Gasteiger partial charge in [-0.15, -0.1) is 0 Å². The van der Waals surface area contributed by atoms with Gasteiger partial charge in [-0.3, -0.25) is 5.41 Å². The van der Waals surface area contributed by atoms with Gasteiger partial charge in [-0.2, -0.15) is 18.3 Å². The summed E-state index contributed by atoms with van der Waals surface area (Å²) in [7, 11) is 0. The third-order valence-electron chi connectivity index (χ3n) is 2.20. The van der Waals surface area contributed by atoms with Crippen LogP contribution in [0.2, 0.25) is 0 Å². The fraction of sp³-hybridized carbons (Fsp3) is 0.200. The molecule has 3 N–H and O–H groups in total. The summed E-state index contributed by atoms with van der Waals surface area (Å²) < 4.78 is 38.2. The molecule has 0 aliphatic rings. The molecule has 0 amide bonds. The molecule has 100 valence electrons. The van der Waals surface area contributed by atoms with Crippen molar-refractivity contribution in [2.24, 2.45) is 5.73 Å². The molecule has 9 heteroatoms. The van der Waals surface area contributed by atoms with Crippen LogP contribution in [0.5, 0.6) is 0 Å². The van der Waals surface area contributed by atoms with Crippen molar-refractivity contribution < 1.29 is 13.2 Å². The van der Waals surface area contributed by atoms with Crippen molar-refractivity contribution in [1.82, 2.24) is 19.7 Å². The molecule has 2 aromatic rings. The molecule has 0 spiro atoms. The minimum Gasteiger partial charge on any atom is -0.382 e. The van der Waals surface area contributed by atoms with Crippen molar-refractivity contribution in [2.45, 2.75) is 13.1 Å². The number of nitrogens with zero attached hydrogens (tertiary/aromatic N) is 4. The van der Waals surface area contributed by atoms with Crippen LogP contribution < -0.4 is 5.73 Å². The lowest BCUT2D eigenvalue weighted by atomic mass is 10.3. The number of aromatic nitrogens is 4. The Morgan fingerprint density at radius 3 is 2.58 bits per heavy atom. The number of nitrogens with two attached hydrogens (primary N) is 1. The first kappa shape index (κ1) is 13.0. The molecule has 0 bridgehead atoms. The maximum atomic E-state index is 12.4. The summed E-state index contributed by atoms with van der Waals surface area (Å²) in [6, 6.07) is 2.28. The molecular formula is C10H9F3N6. The molecule has 0 aliphatic heterocycles. The summed E-state index contributed by atoms with van der Waals surface area (Å²) in [6.45, 7) is 1.62. The van der Waals surface area contributed by atoms with E-state index in [1.54, 1.807) is 6.92 Å². The standard InChI is InChI=1S/C10H9F3N6/c1-5-4-6(8(14)15)17-9(16-5)19-3-2-7(18-19)10(11,12)13/h2-4H,1H3,(H3,14,15). The number of alkyl halides is 3. The van der Waals surface area contributed by atoms with Gasteiger partial charge in [-0.25, -0.2) is 14.6 Å². The van der Waals surface area contributed by atoms with Gasteiger partial charge in [-0.1, -0.05) is 0 Å². The average molecular weight is 270 g/mol. The normalized spacial score (nSPS) is 11.6. The minimum absolute atomic E-state index is 0.0688. The number of hydrogen-bond donors (Lipinski definition) is 2. The van der Waals surface area contributed by atoms with E-state index in [0.717, 1.165) is 16.9 Å². The summed E-state index contributed by atoms with van der Waals surface area (Å²) in [5.74, 6) is -0.365. The van der Waals surface area contributed by atoms with Gasteiger partial charge in [-0.05, 0) is 19.1 Å². The van der Waals surface area contributed by atoms with Gasteiger partial charge in [0.2, 0.25) is 0 Å². The van der Waals surface area contributed by atoms with E-state index in [2.05, 4.69) is 15.1 Å². The van der Waals surface area contributed by atoms with Crippen molar-refractivity contribution in [3.05, 3.63) is 35.4 Å². The number of aryl methyl sites for hydroxylation is 1. The highest BCUT2D eigenvalue weighted by molar-refractivity contribution is 5.93. The maximum Gasteiger partial charge on any atom is 0.435 e. The molecule has 0 saturated heterocycles. The molecule has 0 aromatic carbocycles. The zero-order valence-corrected chi connectivity index (χ0v) is 9.73. The van der Waals surface area contributed by atoms with Crippen LogP contribution in [-0.4, -0.2) is 25.6 Å². The van der Waals surface area contributed by atoms with Gasteiger partial charge in [0.1, 0.15) is 11.5 Å². The second-order valence-electron chi connectivity index (χ2n) is 3.75. The molecule has 0 unspecified atom stereocenters. The second-order valence-corrected chi connectivity index (χ2v) is 3.75. The monoisotopic (exact) mass is 270 g/mol. The molecule has 0 fully saturated rings. The van der Waals surface area contributed by atoms with E-state index in [4.69, 9.17) is 11.1 Å². The van der Waals surface area contributed by atoms with Crippen LogP contribution in [-0.2, 0) is 6.18 Å². The first-order valence-corrected chi connectivity index (χ1v) is 5.10. The van der Waals surface area contributed by atoms with E-state index in [1.165, 1.54) is 6.07 Å². The maximum absolute atomic E-state index is 12.4. The van der Waals surface area contributed by atoms with E-state index in [-0.39, 0.29) is 17.5 Å². The molecular weight excluding hydrogens is 261 g/mol. The summed E-state index contributed by atoms with van der Waals surface area (Å²) in [4.78, 5) is 7.82. The summed E-state index contributed by atoms with van der Waals surface area (Å²) >= 11 is 0. The number of rotatable bonds is 2. The smallest absolute Gasteiger partial charge is 0.382 e. The van der Waals surface area contributed by atoms with Crippen LogP contribution in [0.1, 0.15) is 17.1 Å². The molecule has 0 aliphatic carbocycles. The average Bonchev–Trinajstić information content (AvgIpc) is 2.76.